The third-order valence-corrected chi connectivity index (χ3v) is 2.82. The van der Waals surface area contributed by atoms with Crippen molar-refractivity contribution in [1.82, 2.24) is 10.3 Å². The van der Waals surface area contributed by atoms with Crippen molar-refractivity contribution in [2.45, 2.75) is 6.54 Å². The van der Waals surface area contributed by atoms with Crippen molar-refractivity contribution in [3.05, 3.63) is 23.0 Å². The van der Waals surface area contributed by atoms with Crippen LogP contribution in [0.25, 0.3) is 0 Å². The van der Waals surface area contributed by atoms with Crippen LogP contribution in [0.5, 0.6) is 0 Å². The molecule has 1 saturated heterocycles. The molecule has 0 saturated carbocycles. The predicted octanol–water partition coefficient (Wildman–Crippen LogP) is 1.29. The first-order chi connectivity index (χ1) is 7.81. The van der Waals surface area contributed by atoms with Gasteiger partial charge in [0.1, 0.15) is 5.15 Å². The van der Waals surface area contributed by atoms with Gasteiger partial charge in [-0.2, -0.15) is 0 Å². The standard InChI is InChI=1S/C11H16ClN3O/c1-13-8-9-10(2-3-11(12)14-9)15-4-6-16-7-5-15/h2-3,13H,4-8H2,1H3. The summed E-state index contributed by atoms with van der Waals surface area (Å²) in [7, 11) is 1.91. The number of morpholine rings is 1. The van der Waals surface area contributed by atoms with Gasteiger partial charge in [0.2, 0.25) is 0 Å². The fourth-order valence-electron chi connectivity index (χ4n) is 1.86. The van der Waals surface area contributed by atoms with Crippen LogP contribution in [0.4, 0.5) is 5.69 Å². The SMILES string of the molecule is CNCc1nc(Cl)ccc1N1CCOCC1. The Hall–Kier alpha value is -0.840. The van der Waals surface area contributed by atoms with Crippen LogP contribution in [-0.2, 0) is 11.3 Å². The Bertz CT molecular complexity index is 353. The second-order valence-electron chi connectivity index (χ2n) is 3.73. The Kier molecular flexibility index (Phi) is 3.98. The van der Waals surface area contributed by atoms with E-state index in [1.807, 2.05) is 19.2 Å². The van der Waals surface area contributed by atoms with Gasteiger partial charge in [-0.3, -0.25) is 0 Å². The summed E-state index contributed by atoms with van der Waals surface area (Å²) in [6.45, 7) is 4.12. The molecule has 4 nitrogen and oxygen atoms in total. The largest absolute Gasteiger partial charge is 0.378 e. The maximum Gasteiger partial charge on any atom is 0.129 e. The number of nitrogens with one attached hydrogen (secondary N) is 1. The van der Waals surface area contributed by atoms with E-state index in [1.54, 1.807) is 0 Å². The molecule has 5 heteroatoms. The topological polar surface area (TPSA) is 37.4 Å². The van der Waals surface area contributed by atoms with Crippen LogP contribution in [0, 0.1) is 0 Å². The van der Waals surface area contributed by atoms with Gasteiger partial charge in [-0.15, -0.1) is 0 Å². The molecule has 2 heterocycles. The van der Waals surface area contributed by atoms with Crippen LogP contribution in [-0.4, -0.2) is 38.3 Å². The molecule has 0 bridgehead atoms. The van der Waals surface area contributed by atoms with Crippen molar-refractivity contribution in [2.24, 2.45) is 0 Å². The summed E-state index contributed by atoms with van der Waals surface area (Å²) < 4.78 is 5.34. The molecule has 1 N–H and O–H groups in total. The lowest BCUT2D eigenvalue weighted by Gasteiger charge is -2.30. The van der Waals surface area contributed by atoms with Gasteiger partial charge in [0.15, 0.2) is 0 Å². The van der Waals surface area contributed by atoms with E-state index < -0.39 is 0 Å². The molecule has 0 amide bonds. The number of anilines is 1. The number of ether oxygens (including phenoxy) is 1. The van der Waals surface area contributed by atoms with Crippen LogP contribution in [0.3, 0.4) is 0 Å². The zero-order valence-corrected chi connectivity index (χ0v) is 10.1. The molecule has 0 unspecified atom stereocenters. The molecule has 1 aliphatic rings. The second-order valence-corrected chi connectivity index (χ2v) is 4.12. The molecule has 0 atom stereocenters. The molecule has 0 aliphatic carbocycles. The number of hydrogen-bond donors (Lipinski definition) is 1. The summed E-state index contributed by atoms with van der Waals surface area (Å²) in [4.78, 5) is 6.65. The minimum Gasteiger partial charge on any atom is -0.378 e. The van der Waals surface area contributed by atoms with Gasteiger partial charge in [0, 0.05) is 19.6 Å². The van der Waals surface area contributed by atoms with Gasteiger partial charge in [0.05, 0.1) is 24.6 Å². The summed E-state index contributed by atoms with van der Waals surface area (Å²) in [5.74, 6) is 0. The Morgan fingerprint density at radius 2 is 2.19 bits per heavy atom. The molecule has 1 fully saturated rings. The molecule has 0 radical (unpaired) electrons. The molecule has 1 aromatic rings. The van der Waals surface area contributed by atoms with Crippen molar-refractivity contribution in [1.29, 1.82) is 0 Å². The van der Waals surface area contributed by atoms with Crippen LogP contribution in [0.1, 0.15) is 5.69 Å². The third kappa shape index (κ3) is 2.64. The highest BCUT2D eigenvalue weighted by molar-refractivity contribution is 6.29. The van der Waals surface area contributed by atoms with Gasteiger partial charge in [-0.25, -0.2) is 4.98 Å². The molecule has 2 rings (SSSR count). The first-order valence-electron chi connectivity index (χ1n) is 5.44. The molecule has 88 valence electrons. The number of rotatable bonds is 3. The Morgan fingerprint density at radius 1 is 1.44 bits per heavy atom. The minimum absolute atomic E-state index is 0.544. The number of hydrogen-bond acceptors (Lipinski definition) is 4. The van der Waals surface area contributed by atoms with Crippen molar-refractivity contribution in [2.75, 3.05) is 38.3 Å². The monoisotopic (exact) mass is 241 g/mol. The number of aromatic nitrogens is 1. The average Bonchev–Trinajstić information content (AvgIpc) is 2.31. The Balaban J connectivity index is 2.23. The van der Waals surface area contributed by atoms with Gasteiger partial charge in [-0.05, 0) is 19.2 Å². The van der Waals surface area contributed by atoms with Crippen molar-refractivity contribution < 1.29 is 4.74 Å². The van der Waals surface area contributed by atoms with Crippen molar-refractivity contribution in [3.63, 3.8) is 0 Å². The van der Waals surface area contributed by atoms with Gasteiger partial charge >= 0.3 is 0 Å². The van der Waals surface area contributed by atoms with Crippen molar-refractivity contribution >= 4 is 17.3 Å². The number of nitrogens with zero attached hydrogens (tertiary/aromatic N) is 2. The summed E-state index contributed by atoms with van der Waals surface area (Å²) in [6.07, 6.45) is 0. The summed E-state index contributed by atoms with van der Waals surface area (Å²) >= 11 is 5.91. The van der Waals surface area contributed by atoms with E-state index in [2.05, 4.69) is 15.2 Å². The van der Waals surface area contributed by atoms with E-state index in [0.29, 0.717) is 5.15 Å². The Morgan fingerprint density at radius 3 is 2.88 bits per heavy atom. The van der Waals surface area contributed by atoms with Gasteiger partial charge in [0.25, 0.3) is 0 Å². The molecular weight excluding hydrogens is 226 g/mol. The minimum atomic E-state index is 0.544. The first-order valence-corrected chi connectivity index (χ1v) is 5.82. The van der Waals surface area contributed by atoms with E-state index in [0.717, 1.165) is 44.2 Å². The average molecular weight is 242 g/mol. The fraction of sp³-hybridized carbons (Fsp3) is 0.545. The zero-order chi connectivity index (χ0) is 11.4. The second kappa shape index (κ2) is 5.48. The molecular formula is C11H16ClN3O. The summed E-state index contributed by atoms with van der Waals surface area (Å²) in [6, 6.07) is 3.87. The summed E-state index contributed by atoms with van der Waals surface area (Å²) in [5.41, 5.74) is 2.15. The predicted molar refractivity (Wildman–Crippen MR) is 65.0 cm³/mol. The third-order valence-electron chi connectivity index (χ3n) is 2.61. The maximum absolute atomic E-state index is 5.91. The van der Waals surface area contributed by atoms with Gasteiger partial charge < -0.3 is 15.0 Å². The van der Waals surface area contributed by atoms with E-state index in [-0.39, 0.29) is 0 Å². The highest BCUT2D eigenvalue weighted by atomic mass is 35.5. The molecule has 0 aromatic carbocycles. The van der Waals surface area contributed by atoms with E-state index >= 15 is 0 Å². The van der Waals surface area contributed by atoms with E-state index in [1.165, 1.54) is 0 Å². The first kappa shape index (κ1) is 11.6. The molecule has 1 aromatic heterocycles. The fourth-order valence-corrected chi connectivity index (χ4v) is 2.02. The van der Waals surface area contributed by atoms with Crippen molar-refractivity contribution in [3.8, 4) is 0 Å². The molecule has 1 aliphatic heterocycles. The van der Waals surface area contributed by atoms with E-state index in [9.17, 15) is 0 Å². The highest BCUT2D eigenvalue weighted by Crippen LogP contribution is 2.22. The normalized spacial score (nSPS) is 16.5. The lowest BCUT2D eigenvalue weighted by molar-refractivity contribution is 0.122. The molecule has 16 heavy (non-hydrogen) atoms. The number of pyridine rings is 1. The van der Waals surface area contributed by atoms with Crippen LogP contribution >= 0.6 is 11.6 Å². The van der Waals surface area contributed by atoms with Gasteiger partial charge in [-0.1, -0.05) is 11.6 Å². The summed E-state index contributed by atoms with van der Waals surface area (Å²) in [5, 5.41) is 3.66. The van der Waals surface area contributed by atoms with Crippen LogP contribution < -0.4 is 10.2 Å². The number of halogens is 1. The molecule has 0 spiro atoms. The maximum atomic E-state index is 5.91. The lowest BCUT2D eigenvalue weighted by atomic mass is 10.2. The lowest BCUT2D eigenvalue weighted by Crippen LogP contribution is -2.37. The van der Waals surface area contributed by atoms with E-state index in [4.69, 9.17) is 16.3 Å². The smallest absolute Gasteiger partial charge is 0.129 e. The highest BCUT2D eigenvalue weighted by Gasteiger charge is 2.15. The quantitative estimate of drug-likeness (QED) is 0.810. The Labute approximate surface area is 101 Å². The van der Waals surface area contributed by atoms with Crippen LogP contribution in [0.2, 0.25) is 5.15 Å². The zero-order valence-electron chi connectivity index (χ0n) is 9.37. The van der Waals surface area contributed by atoms with Crippen LogP contribution in [0.15, 0.2) is 12.1 Å².